The van der Waals surface area contributed by atoms with E-state index in [1.54, 1.807) is 0 Å². The zero-order valence-electron chi connectivity index (χ0n) is 8.91. The Labute approximate surface area is 90.8 Å². The van der Waals surface area contributed by atoms with E-state index < -0.39 is 0 Å². The Hall–Kier alpha value is -0.900. The van der Waals surface area contributed by atoms with Crippen LogP contribution in [0.2, 0.25) is 0 Å². The van der Waals surface area contributed by atoms with Crippen LogP contribution >= 0.6 is 0 Å². The molecular formula is C12H18N2O. The molecule has 1 aromatic rings. The first-order valence-electron chi connectivity index (χ1n) is 5.57. The summed E-state index contributed by atoms with van der Waals surface area (Å²) >= 11 is 0. The third-order valence-electron chi connectivity index (χ3n) is 2.67. The quantitative estimate of drug-likeness (QED) is 0.732. The molecule has 2 rings (SSSR count). The molecule has 82 valence electrons. The molecule has 3 nitrogen and oxygen atoms in total. The molecule has 0 saturated carbocycles. The Morgan fingerprint density at radius 3 is 2.67 bits per heavy atom. The second kappa shape index (κ2) is 5.85. The highest BCUT2D eigenvalue weighted by atomic mass is 16.6. The second-order valence-electron chi connectivity index (χ2n) is 3.92. The smallest absolute Gasteiger partial charge is 0.0933 e. The topological polar surface area (TPSA) is 33.3 Å². The van der Waals surface area contributed by atoms with Crippen molar-refractivity contribution in [1.82, 2.24) is 10.8 Å². The second-order valence-corrected chi connectivity index (χ2v) is 3.92. The summed E-state index contributed by atoms with van der Waals surface area (Å²) in [6, 6.07) is 10.7. The van der Waals surface area contributed by atoms with Crippen molar-refractivity contribution < 1.29 is 4.84 Å². The first kappa shape index (κ1) is 10.6. The Balaban J connectivity index is 1.66. The fraction of sp³-hybridized carbons (Fsp3) is 0.500. The number of benzene rings is 1. The van der Waals surface area contributed by atoms with E-state index in [0.717, 1.165) is 25.9 Å². The van der Waals surface area contributed by atoms with E-state index in [9.17, 15) is 0 Å². The van der Waals surface area contributed by atoms with Crippen molar-refractivity contribution in [2.45, 2.75) is 25.5 Å². The molecule has 15 heavy (non-hydrogen) atoms. The van der Waals surface area contributed by atoms with E-state index in [1.807, 2.05) is 18.2 Å². The molecule has 1 heterocycles. The van der Waals surface area contributed by atoms with E-state index in [2.05, 4.69) is 22.9 Å². The molecule has 0 unspecified atom stereocenters. The van der Waals surface area contributed by atoms with E-state index in [1.165, 1.54) is 5.56 Å². The normalized spacial score (nSPS) is 17.9. The number of piperidine rings is 1. The van der Waals surface area contributed by atoms with Crippen LogP contribution in [0.4, 0.5) is 0 Å². The van der Waals surface area contributed by atoms with Gasteiger partial charge in [0, 0.05) is 6.04 Å². The van der Waals surface area contributed by atoms with E-state index in [4.69, 9.17) is 4.84 Å². The van der Waals surface area contributed by atoms with Crippen LogP contribution in [0.3, 0.4) is 0 Å². The number of rotatable bonds is 4. The summed E-state index contributed by atoms with van der Waals surface area (Å²) in [5.41, 5.74) is 4.34. The van der Waals surface area contributed by atoms with Crippen molar-refractivity contribution in [2.75, 3.05) is 13.1 Å². The maximum atomic E-state index is 5.48. The van der Waals surface area contributed by atoms with Crippen molar-refractivity contribution in [1.29, 1.82) is 0 Å². The minimum Gasteiger partial charge on any atom is -0.317 e. The predicted molar refractivity (Wildman–Crippen MR) is 60.3 cm³/mol. The largest absolute Gasteiger partial charge is 0.317 e. The van der Waals surface area contributed by atoms with Crippen LogP contribution in [0.1, 0.15) is 18.4 Å². The molecule has 2 N–H and O–H groups in total. The van der Waals surface area contributed by atoms with Crippen molar-refractivity contribution in [3.63, 3.8) is 0 Å². The van der Waals surface area contributed by atoms with Crippen molar-refractivity contribution in [2.24, 2.45) is 0 Å². The number of hydrogen-bond donors (Lipinski definition) is 2. The molecule has 1 aromatic carbocycles. The maximum absolute atomic E-state index is 5.48. The third kappa shape index (κ3) is 3.63. The molecule has 1 saturated heterocycles. The van der Waals surface area contributed by atoms with Crippen LogP contribution in [-0.2, 0) is 11.4 Å². The first-order chi connectivity index (χ1) is 7.45. The lowest BCUT2D eigenvalue weighted by Crippen LogP contribution is -2.39. The Morgan fingerprint density at radius 1 is 1.20 bits per heavy atom. The van der Waals surface area contributed by atoms with Gasteiger partial charge in [0.25, 0.3) is 0 Å². The highest BCUT2D eigenvalue weighted by Gasteiger charge is 2.11. The summed E-state index contributed by atoms with van der Waals surface area (Å²) in [5.74, 6) is 0. The van der Waals surface area contributed by atoms with E-state index in [-0.39, 0.29) is 0 Å². The average Bonchev–Trinajstić information content (AvgIpc) is 2.32. The Bertz CT molecular complexity index is 270. The zero-order chi connectivity index (χ0) is 10.3. The summed E-state index contributed by atoms with van der Waals surface area (Å²) in [6.45, 7) is 2.82. The van der Waals surface area contributed by atoms with Crippen molar-refractivity contribution in [3.8, 4) is 0 Å². The SMILES string of the molecule is c1ccc(CONC2CCNCC2)cc1. The molecule has 1 aliphatic rings. The third-order valence-corrected chi connectivity index (χ3v) is 2.67. The molecule has 0 amide bonds. The van der Waals surface area contributed by atoms with Crippen LogP contribution < -0.4 is 10.8 Å². The van der Waals surface area contributed by atoms with Crippen LogP contribution in [-0.4, -0.2) is 19.1 Å². The van der Waals surface area contributed by atoms with E-state index in [0.29, 0.717) is 12.6 Å². The molecule has 0 atom stereocenters. The minimum atomic E-state index is 0.509. The summed E-state index contributed by atoms with van der Waals surface area (Å²) in [7, 11) is 0. The lowest BCUT2D eigenvalue weighted by molar-refractivity contribution is -0.00301. The van der Waals surface area contributed by atoms with Gasteiger partial charge in [0.1, 0.15) is 0 Å². The lowest BCUT2D eigenvalue weighted by Gasteiger charge is -2.23. The molecule has 1 aliphatic heterocycles. The van der Waals surface area contributed by atoms with Gasteiger partial charge >= 0.3 is 0 Å². The number of nitrogens with one attached hydrogen (secondary N) is 2. The molecule has 3 heteroatoms. The zero-order valence-corrected chi connectivity index (χ0v) is 8.91. The Morgan fingerprint density at radius 2 is 1.93 bits per heavy atom. The van der Waals surface area contributed by atoms with Gasteiger partial charge in [-0.05, 0) is 31.5 Å². The van der Waals surface area contributed by atoms with Crippen LogP contribution in [0.5, 0.6) is 0 Å². The molecule has 0 spiro atoms. The fourth-order valence-corrected chi connectivity index (χ4v) is 1.76. The first-order valence-corrected chi connectivity index (χ1v) is 5.57. The highest BCUT2D eigenvalue weighted by Crippen LogP contribution is 2.04. The number of hydrogen-bond acceptors (Lipinski definition) is 3. The van der Waals surface area contributed by atoms with Crippen molar-refractivity contribution >= 4 is 0 Å². The molecule has 1 fully saturated rings. The van der Waals surface area contributed by atoms with E-state index >= 15 is 0 Å². The monoisotopic (exact) mass is 206 g/mol. The standard InChI is InChI=1S/C12H18N2O/c1-2-4-11(5-3-1)10-15-14-12-6-8-13-9-7-12/h1-5,12-14H,6-10H2. The van der Waals surface area contributed by atoms with Crippen LogP contribution in [0.25, 0.3) is 0 Å². The summed E-state index contributed by atoms with van der Waals surface area (Å²) in [5, 5.41) is 3.33. The summed E-state index contributed by atoms with van der Waals surface area (Å²) in [4.78, 5) is 5.48. The Kier molecular flexibility index (Phi) is 4.14. The average molecular weight is 206 g/mol. The van der Waals surface area contributed by atoms with Gasteiger partial charge in [-0.15, -0.1) is 0 Å². The van der Waals surface area contributed by atoms with Crippen LogP contribution in [0, 0.1) is 0 Å². The lowest BCUT2D eigenvalue weighted by atomic mass is 10.1. The summed E-state index contributed by atoms with van der Waals surface area (Å²) in [6.07, 6.45) is 2.30. The number of hydroxylamine groups is 1. The van der Waals surface area contributed by atoms with Crippen LogP contribution in [0.15, 0.2) is 30.3 Å². The van der Waals surface area contributed by atoms with Gasteiger partial charge in [0.15, 0.2) is 0 Å². The molecule has 0 radical (unpaired) electrons. The van der Waals surface area contributed by atoms with Gasteiger partial charge in [-0.2, -0.15) is 5.48 Å². The van der Waals surface area contributed by atoms with Gasteiger partial charge in [-0.1, -0.05) is 30.3 Å². The van der Waals surface area contributed by atoms with Gasteiger partial charge < -0.3 is 5.32 Å². The van der Waals surface area contributed by atoms with Gasteiger partial charge in [-0.25, -0.2) is 0 Å². The predicted octanol–water partition coefficient (Wildman–Crippen LogP) is 1.46. The fourth-order valence-electron chi connectivity index (χ4n) is 1.76. The van der Waals surface area contributed by atoms with Gasteiger partial charge in [0.2, 0.25) is 0 Å². The minimum absolute atomic E-state index is 0.509. The highest BCUT2D eigenvalue weighted by molar-refractivity contribution is 5.13. The molecule has 0 aliphatic carbocycles. The van der Waals surface area contributed by atoms with Gasteiger partial charge in [0.05, 0.1) is 6.61 Å². The van der Waals surface area contributed by atoms with Gasteiger partial charge in [-0.3, -0.25) is 4.84 Å². The van der Waals surface area contributed by atoms with Crippen molar-refractivity contribution in [3.05, 3.63) is 35.9 Å². The maximum Gasteiger partial charge on any atom is 0.0933 e. The summed E-state index contributed by atoms with van der Waals surface area (Å²) < 4.78 is 0. The molecule has 0 aromatic heterocycles. The molecular weight excluding hydrogens is 188 g/mol. The molecule has 0 bridgehead atoms.